The van der Waals surface area contributed by atoms with Crippen molar-refractivity contribution < 1.29 is 9.90 Å². The molecule has 2 aromatic heterocycles. The van der Waals surface area contributed by atoms with E-state index in [4.69, 9.17) is 0 Å². The number of carboxylic acids is 1. The molecule has 0 bridgehead atoms. The molecule has 6 nitrogen and oxygen atoms in total. The SMILES string of the molecule is Cc1cc(C)n(-c2cnc(C(C)C)nc2C(=O)O)n1. The first kappa shape index (κ1) is 13.2. The molecule has 1 N–H and O–H groups in total. The zero-order valence-electron chi connectivity index (χ0n) is 11.4. The van der Waals surface area contributed by atoms with E-state index in [1.807, 2.05) is 33.8 Å². The highest BCUT2D eigenvalue weighted by molar-refractivity contribution is 5.89. The normalized spacial score (nSPS) is 11.0. The van der Waals surface area contributed by atoms with E-state index >= 15 is 0 Å². The molecule has 0 atom stereocenters. The van der Waals surface area contributed by atoms with Gasteiger partial charge in [0.25, 0.3) is 0 Å². The summed E-state index contributed by atoms with van der Waals surface area (Å²) in [6.07, 6.45) is 1.52. The van der Waals surface area contributed by atoms with E-state index in [0.29, 0.717) is 11.5 Å². The third kappa shape index (κ3) is 2.47. The van der Waals surface area contributed by atoms with Crippen molar-refractivity contribution in [3.8, 4) is 5.69 Å². The van der Waals surface area contributed by atoms with Crippen LogP contribution in [0.5, 0.6) is 0 Å². The van der Waals surface area contributed by atoms with E-state index in [0.717, 1.165) is 11.4 Å². The number of aromatic carboxylic acids is 1. The molecule has 0 aliphatic heterocycles. The molecule has 0 saturated carbocycles. The van der Waals surface area contributed by atoms with Crippen LogP contribution in [0.4, 0.5) is 0 Å². The zero-order valence-corrected chi connectivity index (χ0v) is 11.4. The largest absolute Gasteiger partial charge is 0.476 e. The topological polar surface area (TPSA) is 80.9 Å². The summed E-state index contributed by atoms with van der Waals surface area (Å²) in [5, 5.41) is 13.6. The van der Waals surface area contributed by atoms with Crippen molar-refractivity contribution in [2.45, 2.75) is 33.6 Å². The smallest absolute Gasteiger partial charge is 0.356 e. The molecule has 6 heteroatoms. The van der Waals surface area contributed by atoms with Crippen LogP contribution in [0.15, 0.2) is 12.3 Å². The summed E-state index contributed by atoms with van der Waals surface area (Å²) in [6.45, 7) is 7.56. The molecule has 0 saturated heterocycles. The molecule has 0 amide bonds. The second-order valence-corrected chi connectivity index (χ2v) is 4.76. The van der Waals surface area contributed by atoms with Crippen LogP contribution in [-0.2, 0) is 0 Å². The first-order valence-electron chi connectivity index (χ1n) is 6.04. The highest BCUT2D eigenvalue weighted by Crippen LogP contribution is 2.17. The van der Waals surface area contributed by atoms with Crippen molar-refractivity contribution in [1.82, 2.24) is 19.7 Å². The van der Waals surface area contributed by atoms with Gasteiger partial charge in [-0.25, -0.2) is 19.4 Å². The lowest BCUT2D eigenvalue weighted by Gasteiger charge is -2.10. The Bertz CT molecular complexity index is 632. The second-order valence-electron chi connectivity index (χ2n) is 4.76. The van der Waals surface area contributed by atoms with Crippen LogP contribution in [0.2, 0.25) is 0 Å². The molecule has 0 radical (unpaired) electrons. The molecule has 0 spiro atoms. The minimum absolute atomic E-state index is 0.0232. The van der Waals surface area contributed by atoms with Crippen molar-refractivity contribution in [3.63, 3.8) is 0 Å². The lowest BCUT2D eigenvalue weighted by molar-refractivity contribution is 0.0689. The van der Waals surface area contributed by atoms with Crippen LogP contribution in [0, 0.1) is 13.8 Å². The Labute approximate surface area is 111 Å². The number of carboxylic acid groups (broad SMARTS) is 1. The summed E-state index contributed by atoms with van der Waals surface area (Å²) in [4.78, 5) is 19.7. The molecule has 0 fully saturated rings. The van der Waals surface area contributed by atoms with E-state index in [9.17, 15) is 9.90 Å². The van der Waals surface area contributed by atoms with Crippen LogP contribution in [0.25, 0.3) is 5.69 Å². The van der Waals surface area contributed by atoms with Gasteiger partial charge in [-0.2, -0.15) is 5.10 Å². The van der Waals surface area contributed by atoms with Gasteiger partial charge in [0.1, 0.15) is 11.5 Å². The fourth-order valence-corrected chi connectivity index (χ4v) is 1.85. The summed E-state index contributed by atoms with van der Waals surface area (Å²) >= 11 is 0. The van der Waals surface area contributed by atoms with Crippen LogP contribution in [0.3, 0.4) is 0 Å². The molecular formula is C13H16N4O2. The van der Waals surface area contributed by atoms with Gasteiger partial charge in [0, 0.05) is 11.6 Å². The lowest BCUT2D eigenvalue weighted by atomic mass is 10.2. The Hall–Kier alpha value is -2.24. The molecule has 19 heavy (non-hydrogen) atoms. The second kappa shape index (κ2) is 4.79. The molecule has 2 heterocycles. The average Bonchev–Trinajstić information content (AvgIpc) is 2.67. The van der Waals surface area contributed by atoms with Gasteiger partial charge in [0.05, 0.1) is 11.9 Å². The highest BCUT2D eigenvalue weighted by Gasteiger charge is 2.18. The predicted molar refractivity (Wildman–Crippen MR) is 69.7 cm³/mol. The zero-order chi connectivity index (χ0) is 14.2. The molecule has 0 aromatic carbocycles. The Morgan fingerprint density at radius 3 is 2.53 bits per heavy atom. The maximum atomic E-state index is 11.4. The molecule has 0 unspecified atom stereocenters. The van der Waals surface area contributed by atoms with Crippen molar-refractivity contribution in [2.75, 3.05) is 0 Å². The monoisotopic (exact) mass is 260 g/mol. The summed E-state index contributed by atoms with van der Waals surface area (Å²) < 4.78 is 1.56. The predicted octanol–water partition coefficient (Wildman–Crippen LogP) is 2.10. The lowest BCUT2D eigenvalue weighted by Crippen LogP contribution is -2.13. The molecular weight excluding hydrogens is 244 g/mol. The number of aromatic nitrogens is 4. The van der Waals surface area contributed by atoms with E-state index in [1.54, 1.807) is 4.68 Å². The fraction of sp³-hybridized carbons (Fsp3) is 0.385. The van der Waals surface area contributed by atoms with Gasteiger partial charge in [-0.15, -0.1) is 0 Å². The van der Waals surface area contributed by atoms with E-state index in [2.05, 4.69) is 15.1 Å². The first-order valence-corrected chi connectivity index (χ1v) is 6.04. The summed E-state index contributed by atoms with van der Waals surface area (Å²) in [5.74, 6) is -0.484. The number of aryl methyl sites for hydroxylation is 2. The molecule has 2 rings (SSSR count). The Balaban J connectivity index is 2.63. The van der Waals surface area contributed by atoms with Crippen molar-refractivity contribution >= 4 is 5.97 Å². The van der Waals surface area contributed by atoms with Gasteiger partial charge in [0.15, 0.2) is 5.69 Å². The van der Waals surface area contributed by atoms with Gasteiger partial charge in [0.2, 0.25) is 0 Å². The Morgan fingerprint density at radius 2 is 2.05 bits per heavy atom. The maximum Gasteiger partial charge on any atom is 0.356 e. The quantitative estimate of drug-likeness (QED) is 0.914. The number of hydrogen-bond donors (Lipinski definition) is 1. The third-order valence-electron chi connectivity index (χ3n) is 2.74. The van der Waals surface area contributed by atoms with Crippen molar-refractivity contribution in [2.24, 2.45) is 0 Å². The van der Waals surface area contributed by atoms with Gasteiger partial charge in [-0.1, -0.05) is 13.8 Å². The van der Waals surface area contributed by atoms with Gasteiger partial charge in [-0.3, -0.25) is 0 Å². The maximum absolute atomic E-state index is 11.4. The highest BCUT2D eigenvalue weighted by atomic mass is 16.4. The van der Waals surface area contributed by atoms with Gasteiger partial charge >= 0.3 is 5.97 Å². The standard InChI is InChI=1S/C13H16N4O2/c1-7(2)12-14-6-10(11(15-12)13(18)19)17-9(4)5-8(3)16-17/h5-7H,1-4H3,(H,18,19). The van der Waals surface area contributed by atoms with Gasteiger partial charge < -0.3 is 5.11 Å². The first-order chi connectivity index (χ1) is 8.90. The fourth-order valence-electron chi connectivity index (χ4n) is 1.85. The van der Waals surface area contributed by atoms with Crippen LogP contribution in [0.1, 0.15) is 47.5 Å². The Kier molecular flexibility index (Phi) is 3.33. The van der Waals surface area contributed by atoms with E-state index in [-0.39, 0.29) is 11.6 Å². The molecule has 0 aliphatic rings. The average molecular weight is 260 g/mol. The summed E-state index contributed by atoms with van der Waals surface area (Å²) in [7, 11) is 0. The third-order valence-corrected chi connectivity index (χ3v) is 2.74. The van der Waals surface area contributed by atoms with Crippen LogP contribution >= 0.6 is 0 Å². The van der Waals surface area contributed by atoms with Gasteiger partial charge in [-0.05, 0) is 19.9 Å². The minimum Gasteiger partial charge on any atom is -0.476 e. The number of carbonyl (C=O) groups is 1. The van der Waals surface area contributed by atoms with Crippen LogP contribution in [-0.4, -0.2) is 30.8 Å². The van der Waals surface area contributed by atoms with Crippen molar-refractivity contribution in [1.29, 1.82) is 0 Å². The molecule has 2 aromatic rings. The van der Waals surface area contributed by atoms with E-state index < -0.39 is 5.97 Å². The van der Waals surface area contributed by atoms with Crippen LogP contribution < -0.4 is 0 Å². The Morgan fingerprint density at radius 1 is 1.37 bits per heavy atom. The number of rotatable bonds is 3. The summed E-state index contributed by atoms with van der Waals surface area (Å²) in [5.41, 5.74) is 2.04. The van der Waals surface area contributed by atoms with Crippen molar-refractivity contribution in [3.05, 3.63) is 35.2 Å². The molecule has 0 aliphatic carbocycles. The minimum atomic E-state index is -1.08. The summed E-state index contributed by atoms with van der Waals surface area (Å²) in [6, 6.07) is 1.88. The number of hydrogen-bond acceptors (Lipinski definition) is 4. The number of nitrogens with zero attached hydrogens (tertiary/aromatic N) is 4. The molecule has 100 valence electrons. The van der Waals surface area contributed by atoms with E-state index in [1.165, 1.54) is 6.20 Å².